The van der Waals surface area contributed by atoms with Crippen molar-refractivity contribution >= 4 is 12.4 Å². The normalized spacial score (nSPS) is 22.6. The second kappa shape index (κ2) is 6.60. The minimum absolute atomic E-state index is 0. The van der Waals surface area contributed by atoms with E-state index in [1.54, 1.807) is 7.11 Å². The largest absolute Gasteiger partial charge is 0.497 e. The summed E-state index contributed by atoms with van der Waals surface area (Å²) in [6.45, 7) is 7.64. The Morgan fingerprint density at radius 2 is 2.16 bits per heavy atom. The van der Waals surface area contributed by atoms with Gasteiger partial charge in [-0.3, -0.25) is 4.90 Å². The van der Waals surface area contributed by atoms with Gasteiger partial charge in [0.2, 0.25) is 0 Å². The lowest BCUT2D eigenvalue weighted by atomic mass is 9.79. The first-order chi connectivity index (χ1) is 8.51. The molecule has 0 saturated carbocycles. The molecule has 108 valence electrons. The molecule has 0 spiro atoms. The topological polar surface area (TPSA) is 38.5 Å². The molecule has 1 atom stereocenters. The molecule has 3 nitrogen and oxygen atoms in total. The minimum Gasteiger partial charge on any atom is -0.497 e. The Kier molecular flexibility index (Phi) is 5.65. The molecule has 2 N–H and O–H groups in total. The van der Waals surface area contributed by atoms with Gasteiger partial charge in [0.1, 0.15) is 5.75 Å². The van der Waals surface area contributed by atoms with Crippen molar-refractivity contribution in [3.05, 3.63) is 29.8 Å². The lowest BCUT2D eigenvalue weighted by Gasteiger charge is -2.42. The van der Waals surface area contributed by atoms with Gasteiger partial charge in [-0.15, -0.1) is 12.4 Å². The fourth-order valence-electron chi connectivity index (χ4n) is 2.65. The van der Waals surface area contributed by atoms with Crippen LogP contribution in [-0.4, -0.2) is 31.1 Å². The monoisotopic (exact) mass is 284 g/mol. The Balaban J connectivity index is 0.00000180. The molecular formula is C15H25ClN2O. The van der Waals surface area contributed by atoms with Gasteiger partial charge >= 0.3 is 0 Å². The molecule has 0 radical (unpaired) electrons. The summed E-state index contributed by atoms with van der Waals surface area (Å²) in [5.74, 6) is 0.931. The molecule has 1 unspecified atom stereocenters. The third kappa shape index (κ3) is 4.10. The molecule has 1 aromatic carbocycles. The van der Waals surface area contributed by atoms with E-state index in [1.807, 2.05) is 6.07 Å². The number of methoxy groups -OCH3 is 1. The van der Waals surface area contributed by atoms with Gasteiger partial charge in [-0.05, 0) is 29.5 Å². The molecule has 1 aliphatic rings. The maximum absolute atomic E-state index is 6.17. The zero-order valence-corrected chi connectivity index (χ0v) is 12.9. The Morgan fingerprint density at radius 1 is 1.42 bits per heavy atom. The van der Waals surface area contributed by atoms with Gasteiger partial charge in [-0.1, -0.05) is 26.0 Å². The highest BCUT2D eigenvalue weighted by Gasteiger charge is 2.33. The van der Waals surface area contributed by atoms with Crippen LogP contribution in [0.4, 0.5) is 0 Å². The predicted octanol–water partition coefficient (Wildman–Crippen LogP) is 2.68. The van der Waals surface area contributed by atoms with Crippen molar-refractivity contribution in [1.82, 2.24) is 4.90 Å². The summed E-state index contributed by atoms with van der Waals surface area (Å²) >= 11 is 0. The van der Waals surface area contributed by atoms with E-state index in [0.29, 0.717) is 6.04 Å². The molecule has 4 heteroatoms. The zero-order valence-electron chi connectivity index (χ0n) is 12.1. The molecule has 1 aliphatic heterocycles. The van der Waals surface area contributed by atoms with E-state index in [1.165, 1.54) is 5.56 Å². The number of ether oxygens (including phenoxy) is 1. The Labute approximate surface area is 122 Å². The van der Waals surface area contributed by atoms with Crippen LogP contribution in [0.15, 0.2) is 24.3 Å². The van der Waals surface area contributed by atoms with Crippen LogP contribution >= 0.6 is 12.4 Å². The second-order valence-corrected chi connectivity index (χ2v) is 5.95. The van der Waals surface area contributed by atoms with Crippen molar-refractivity contribution in [2.75, 3.05) is 20.2 Å². The molecule has 19 heavy (non-hydrogen) atoms. The highest BCUT2D eigenvalue weighted by molar-refractivity contribution is 5.85. The minimum atomic E-state index is 0. The van der Waals surface area contributed by atoms with E-state index in [2.05, 4.69) is 36.9 Å². The molecule has 1 heterocycles. The average Bonchev–Trinajstić information content (AvgIpc) is 2.34. The van der Waals surface area contributed by atoms with Crippen LogP contribution < -0.4 is 10.5 Å². The average molecular weight is 285 g/mol. The van der Waals surface area contributed by atoms with Gasteiger partial charge in [-0.25, -0.2) is 0 Å². The molecule has 0 aromatic heterocycles. The van der Waals surface area contributed by atoms with Gasteiger partial charge in [0.15, 0.2) is 0 Å². The molecular weight excluding hydrogens is 260 g/mol. The van der Waals surface area contributed by atoms with Gasteiger partial charge in [0, 0.05) is 25.7 Å². The number of piperidine rings is 1. The number of halogens is 1. The van der Waals surface area contributed by atoms with Crippen molar-refractivity contribution in [3.8, 4) is 5.75 Å². The van der Waals surface area contributed by atoms with Crippen LogP contribution in [-0.2, 0) is 6.54 Å². The number of nitrogens with two attached hydrogens (primary N) is 1. The zero-order chi connectivity index (χ0) is 13.2. The Hall–Kier alpha value is -0.770. The van der Waals surface area contributed by atoms with E-state index < -0.39 is 0 Å². The number of likely N-dealkylation sites (tertiary alicyclic amines) is 1. The summed E-state index contributed by atoms with van der Waals surface area (Å²) < 4.78 is 5.26. The number of benzene rings is 1. The van der Waals surface area contributed by atoms with Crippen LogP contribution in [0, 0.1) is 5.41 Å². The summed E-state index contributed by atoms with van der Waals surface area (Å²) in [6.07, 6.45) is 1.08. The Morgan fingerprint density at radius 3 is 2.79 bits per heavy atom. The van der Waals surface area contributed by atoms with Gasteiger partial charge in [0.05, 0.1) is 7.11 Å². The molecule has 0 bridgehead atoms. The van der Waals surface area contributed by atoms with Crippen molar-refractivity contribution in [3.63, 3.8) is 0 Å². The third-order valence-electron chi connectivity index (χ3n) is 3.93. The number of hydrogen-bond donors (Lipinski definition) is 1. The van der Waals surface area contributed by atoms with Crippen LogP contribution in [0.2, 0.25) is 0 Å². The number of nitrogens with zero attached hydrogens (tertiary/aromatic N) is 1. The Bertz CT molecular complexity index is 409. The van der Waals surface area contributed by atoms with Crippen molar-refractivity contribution in [1.29, 1.82) is 0 Å². The fourth-order valence-corrected chi connectivity index (χ4v) is 2.65. The highest BCUT2D eigenvalue weighted by atomic mass is 35.5. The summed E-state index contributed by atoms with van der Waals surface area (Å²) in [4.78, 5) is 2.48. The maximum Gasteiger partial charge on any atom is 0.119 e. The first kappa shape index (κ1) is 16.3. The summed E-state index contributed by atoms with van der Waals surface area (Å²) in [5, 5.41) is 0. The maximum atomic E-state index is 6.17. The van der Waals surface area contributed by atoms with E-state index >= 15 is 0 Å². The molecule has 1 fully saturated rings. The lowest BCUT2D eigenvalue weighted by Crippen LogP contribution is -2.52. The predicted molar refractivity (Wildman–Crippen MR) is 81.9 cm³/mol. The smallest absolute Gasteiger partial charge is 0.119 e. The van der Waals surface area contributed by atoms with Crippen LogP contribution in [0.3, 0.4) is 0 Å². The molecule has 0 amide bonds. The summed E-state index contributed by atoms with van der Waals surface area (Å²) in [7, 11) is 1.71. The van der Waals surface area contributed by atoms with Gasteiger partial charge in [-0.2, -0.15) is 0 Å². The molecule has 2 rings (SSSR count). The number of rotatable bonds is 3. The van der Waals surface area contributed by atoms with E-state index in [9.17, 15) is 0 Å². The highest BCUT2D eigenvalue weighted by Crippen LogP contribution is 2.28. The van der Waals surface area contributed by atoms with Crippen molar-refractivity contribution in [2.45, 2.75) is 32.9 Å². The first-order valence-electron chi connectivity index (χ1n) is 6.62. The molecule has 0 aliphatic carbocycles. The molecule has 1 saturated heterocycles. The van der Waals surface area contributed by atoms with E-state index in [0.717, 1.165) is 31.8 Å². The standard InChI is InChI=1S/C15H24N2O.ClH/c1-15(2)11-17(8-7-14(15)16)10-12-5-4-6-13(9-12)18-3;/h4-6,9,14H,7-8,10-11,16H2,1-3H3;1H. The van der Waals surface area contributed by atoms with E-state index in [4.69, 9.17) is 10.5 Å². The third-order valence-corrected chi connectivity index (χ3v) is 3.93. The van der Waals surface area contributed by atoms with Crippen molar-refractivity contribution in [2.24, 2.45) is 11.1 Å². The lowest BCUT2D eigenvalue weighted by molar-refractivity contribution is 0.0898. The summed E-state index contributed by atoms with van der Waals surface area (Å²) in [5.41, 5.74) is 7.68. The fraction of sp³-hybridized carbons (Fsp3) is 0.600. The summed E-state index contributed by atoms with van der Waals surface area (Å²) in [6, 6.07) is 8.62. The second-order valence-electron chi connectivity index (χ2n) is 5.95. The quantitative estimate of drug-likeness (QED) is 0.927. The van der Waals surface area contributed by atoms with E-state index in [-0.39, 0.29) is 17.8 Å². The van der Waals surface area contributed by atoms with Crippen molar-refractivity contribution < 1.29 is 4.74 Å². The van der Waals surface area contributed by atoms with Crippen LogP contribution in [0.25, 0.3) is 0 Å². The van der Waals surface area contributed by atoms with Crippen LogP contribution in [0.5, 0.6) is 5.75 Å². The number of hydrogen-bond acceptors (Lipinski definition) is 3. The first-order valence-corrected chi connectivity index (χ1v) is 6.62. The SMILES string of the molecule is COc1cccc(CN2CCC(N)C(C)(C)C2)c1.Cl. The van der Waals surface area contributed by atoms with Crippen LogP contribution in [0.1, 0.15) is 25.8 Å². The van der Waals surface area contributed by atoms with Gasteiger partial charge in [0.25, 0.3) is 0 Å². The molecule has 1 aromatic rings. The van der Waals surface area contributed by atoms with Gasteiger partial charge < -0.3 is 10.5 Å².